The Bertz CT molecular complexity index is 729. The van der Waals surface area contributed by atoms with E-state index in [9.17, 15) is 4.79 Å². The summed E-state index contributed by atoms with van der Waals surface area (Å²) < 4.78 is 17.7. The minimum atomic E-state index is -0.476. The zero-order valence-electron chi connectivity index (χ0n) is 18.9. The van der Waals surface area contributed by atoms with Crippen molar-refractivity contribution in [3.63, 3.8) is 0 Å². The third-order valence-corrected chi connectivity index (χ3v) is 5.88. The van der Waals surface area contributed by atoms with Gasteiger partial charge in [0.05, 0.1) is 11.2 Å². The van der Waals surface area contributed by atoms with E-state index in [2.05, 4.69) is 62.2 Å². The molecule has 3 rings (SSSR count). The Kier molecular flexibility index (Phi) is 6.05. The van der Waals surface area contributed by atoms with Crippen molar-refractivity contribution in [2.75, 3.05) is 13.1 Å². The van der Waals surface area contributed by atoms with Crippen molar-refractivity contribution in [3.8, 4) is 0 Å². The molecule has 1 aromatic rings. The molecule has 0 spiro atoms. The molecule has 1 unspecified atom stereocenters. The number of carbonyl (C=O) groups is 1. The van der Waals surface area contributed by atoms with E-state index in [1.807, 2.05) is 20.8 Å². The van der Waals surface area contributed by atoms with Crippen LogP contribution in [0.2, 0.25) is 0 Å². The Morgan fingerprint density at radius 1 is 1.24 bits per heavy atom. The molecule has 1 N–H and O–H groups in total. The van der Waals surface area contributed by atoms with Crippen LogP contribution in [0.25, 0.3) is 0 Å². The first-order valence-corrected chi connectivity index (χ1v) is 10.5. The third kappa shape index (κ3) is 5.53. The number of nitrogens with one attached hydrogen (secondary N) is 1. The summed E-state index contributed by atoms with van der Waals surface area (Å²) in [7, 11) is -0.347. The van der Waals surface area contributed by atoms with Gasteiger partial charge in [-0.25, -0.2) is 4.79 Å². The van der Waals surface area contributed by atoms with Crippen LogP contribution in [-0.4, -0.2) is 54.0 Å². The molecule has 7 heteroatoms. The van der Waals surface area contributed by atoms with Gasteiger partial charge >= 0.3 is 13.2 Å². The number of rotatable bonds is 4. The van der Waals surface area contributed by atoms with Gasteiger partial charge in [0.1, 0.15) is 5.60 Å². The predicted molar refractivity (Wildman–Crippen MR) is 115 cm³/mol. The number of benzene rings is 1. The van der Waals surface area contributed by atoms with E-state index >= 15 is 0 Å². The summed E-state index contributed by atoms with van der Waals surface area (Å²) in [5.41, 5.74) is 1.10. The average Bonchev–Trinajstić information content (AvgIpc) is 3.07. The lowest BCUT2D eigenvalue weighted by atomic mass is 9.78. The molecule has 2 saturated heterocycles. The van der Waals surface area contributed by atoms with Crippen LogP contribution in [0.15, 0.2) is 24.3 Å². The van der Waals surface area contributed by atoms with E-state index in [0.717, 1.165) is 31.5 Å². The predicted octanol–water partition coefficient (Wildman–Crippen LogP) is 3.08. The minimum Gasteiger partial charge on any atom is -0.444 e. The Labute approximate surface area is 175 Å². The molecule has 160 valence electrons. The second-order valence-electron chi connectivity index (χ2n) is 10.2. The van der Waals surface area contributed by atoms with E-state index in [-0.39, 0.29) is 30.5 Å². The second-order valence-corrected chi connectivity index (χ2v) is 10.2. The van der Waals surface area contributed by atoms with Crippen molar-refractivity contribution < 1.29 is 18.8 Å². The molecule has 0 aromatic heterocycles. The molecule has 1 aromatic carbocycles. The minimum absolute atomic E-state index is 0.121. The van der Waals surface area contributed by atoms with E-state index in [1.54, 1.807) is 0 Å². The first-order chi connectivity index (χ1) is 13.3. The number of ether oxygens (including phenoxy) is 1. The number of hydrogen-bond donors (Lipinski definition) is 1. The van der Waals surface area contributed by atoms with Crippen molar-refractivity contribution in [2.45, 2.75) is 84.3 Å². The van der Waals surface area contributed by atoms with Gasteiger partial charge in [0.25, 0.3) is 0 Å². The SMILES string of the molecule is CC(C)(C)OC(=O)NC1CCN(Cc2cccc(B3OC(C)(C)C(C)(C)O3)c2)C1. The fraction of sp³-hybridized carbons (Fsp3) is 0.682. The van der Waals surface area contributed by atoms with E-state index in [0.29, 0.717) is 0 Å². The van der Waals surface area contributed by atoms with Crippen LogP contribution in [0, 0.1) is 0 Å². The van der Waals surface area contributed by atoms with Crippen LogP contribution in [-0.2, 0) is 20.6 Å². The summed E-state index contributed by atoms with van der Waals surface area (Å²) in [6.45, 7) is 16.5. The second kappa shape index (κ2) is 7.93. The summed E-state index contributed by atoms with van der Waals surface area (Å²) in [5, 5.41) is 2.98. The lowest BCUT2D eigenvalue weighted by molar-refractivity contribution is 0.00578. The third-order valence-electron chi connectivity index (χ3n) is 5.88. The van der Waals surface area contributed by atoms with Crippen LogP contribution in [0.4, 0.5) is 4.79 Å². The maximum absolute atomic E-state index is 12.0. The van der Waals surface area contributed by atoms with Crippen LogP contribution in [0.5, 0.6) is 0 Å². The molecular formula is C22H35BN2O4. The quantitative estimate of drug-likeness (QED) is 0.785. The number of hydrogen-bond acceptors (Lipinski definition) is 5. The highest BCUT2D eigenvalue weighted by molar-refractivity contribution is 6.62. The highest BCUT2D eigenvalue weighted by atomic mass is 16.7. The number of carbonyl (C=O) groups excluding carboxylic acids is 1. The van der Waals surface area contributed by atoms with Gasteiger partial charge in [-0.3, -0.25) is 4.90 Å². The van der Waals surface area contributed by atoms with Crippen molar-refractivity contribution in [2.24, 2.45) is 0 Å². The summed E-state index contributed by atoms with van der Waals surface area (Å²) in [6, 6.07) is 8.53. The smallest absolute Gasteiger partial charge is 0.444 e. The molecule has 1 atom stereocenters. The van der Waals surface area contributed by atoms with Crippen molar-refractivity contribution in [1.82, 2.24) is 10.2 Å². The Balaban J connectivity index is 1.56. The van der Waals surface area contributed by atoms with Gasteiger partial charge in [-0.2, -0.15) is 0 Å². The van der Waals surface area contributed by atoms with Crippen LogP contribution in [0.1, 0.15) is 60.5 Å². The van der Waals surface area contributed by atoms with E-state index in [1.165, 1.54) is 5.56 Å². The number of amides is 1. The molecule has 1 amide bonds. The first-order valence-electron chi connectivity index (χ1n) is 10.5. The molecular weight excluding hydrogens is 367 g/mol. The Morgan fingerprint density at radius 3 is 2.52 bits per heavy atom. The number of nitrogens with zero attached hydrogens (tertiary/aromatic N) is 1. The molecule has 29 heavy (non-hydrogen) atoms. The fourth-order valence-electron chi connectivity index (χ4n) is 3.64. The van der Waals surface area contributed by atoms with Gasteiger partial charge in [-0.1, -0.05) is 24.3 Å². The van der Waals surface area contributed by atoms with E-state index in [4.69, 9.17) is 14.0 Å². The molecule has 2 fully saturated rings. The standard InChI is InChI=1S/C22H35BN2O4/c1-20(2,3)27-19(26)24-18-11-12-25(15-18)14-16-9-8-10-17(13-16)23-28-21(4,5)22(6,7)29-23/h8-10,13,18H,11-12,14-15H2,1-7H3,(H,24,26). The lowest BCUT2D eigenvalue weighted by Crippen LogP contribution is -2.41. The summed E-state index contributed by atoms with van der Waals surface area (Å²) in [5.74, 6) is 0. The zero-order chi connectivity index (χ0) is 21.4. The number of likely N-dealkylation sites (tertiary alicyclic amines) is 1. The van der Waals surface area contributed by atoms with Crippen LogP contribution < -0.4 is 10.8 Å². The maximum atomic E-state index is 12.0. The average molecular weight is 402 g/mol. The Morgan fingerprint density at radius 2 is 1.90 bits per heavy atom. The first kappa shape index (κ1) is 22.1. The van der Waals surface area contributed by atoms with Crippen LogP contribution in [0.3, 0.4) is 0 Å². The number of alkyl carbamates (subject to hydrolysis) is 1. The van der Waals surface area contributed by atoms with E-state index < -0.39 is 5.60 Å². The van der Waals surface area contributed by atoms with Crippen molar-refractivity contribution >= 4 is 18.7 Å². The zero-order valence-corrected chi connectivity index (χ0v) is 18.9. The monoisotopic (exact) mass is 402 g/mol. The molecule has 0 bridgehead atoms. The maximum Gasteiger partial charge on any atom is 0.494 e. The summed E-state index contributed by atoms with van der Waals surface area (Å²) in [6.07, 6.45) is 0.586. The molecule has 0 saturated carbocycles. The van der Waals surface area contributed by atoms with Gasteiger partial charge in [-0.05, 0) is 65.9 Å². The largest absolute Gasteiger partial charge is 0.494 e. The fourth-order valence-corrected chi connectivity index (χ4v) is 3.64. The van der Waals surface area contributed by atoms with Gasteiger partial charge in [-0.15, -0.1) is 0 Å². The molecule has 0 radical (unpaired) electrons. The Hall–Kier alpha value is -1.57. The molecule has 0 aliphatic carbocycles. The highest BCUT2D eigenvalue weighted by Crippen LogP contribution is 2.36. The van der Waals surface area contributed by atoms with Gasteiger partial charge in [0.15, 0.2) is 0 Å². The normalized spacial score (nSPS) is 24.0. The van der Waals surface area contributed by atoms with Crippen molar-refractivity contribution in [3.05, 3.63) is 29.8 Å². The van der Waals surface area contributed by atoms with Crippen molar-refractivity contribution in [1.29, 1.82) is 0 Å². The topological polar surface area (TPSA) is 60.0 Å². The molecule has 2 aliphatic rings. The van der Waals surface area contributed by atoms with Gasteiger partial charge in [0, 0.05) is 25.7 Å². The van der Waals surface area contributed by atoms with Gasteiger partial charge < -0.3 is 19.4 Å². The lowest BCUT2D eigenvalue weighted by Gasteiger charge is -2.32. The van der Waals surface area contributed by atoms with Crippen LogP contribution >= 0.6 is 0 Å². The molecule has 2 aliphatic heterocycles. The van der Waals surface area contributed by atoms with Gasteiger partial charge in [0.2, 0.25) is 0 Å². The summed E-state index contributed by atoms with van der Waals surface area (Å²) in [4.78, 5) is 14.3. The molecule has 2 heterocycles. The highest BCUT2D eigenvalue weighted by Gasteiger charge is 2.51. The summed E-state index contributed by atoms with van der Waals surface area (Å²) >= 11 is 0. The molecule has 6 nitrogen and oxygen atoms in total.